The molecule has 0 spiro atoms. The number of para-hydroxylation sites is 1. The van der Waals surface area contributed by atoms with E-state index in [4.69, 9.17) is 0 Å². The molecule has 0 aliphatic rings. The Morgan fingerprint density at radius 1 is 1.32 bits per heavy atom. The van der Waals surface area contributed by atoms with Crippen LogP contribution in [0.5, 0.6) is 0 Å². The normalized spacial score (nSPS) is 10.4. The fraction of sp³-hybridized carbons (Fsp3) is 0.286. The zero-order valence-corrected chi connectivity index (χ0v) is 11.8. The quantitative estimate of drug-likeness (QED) is 0.907. The van der Waals surface area contributed by atoms with Crippen LogP contribution in [0.15, 0.2) is 30.3 Å². The van der Waals surface area contributed by atoms with E-state index in [1.54, 1.807) is 0 Å². The predicted octanol–water partition coefficient (Wildman–Crippen LogP) is 3.56. The molecule has 0 unspecified atom stereocenters. The fourth-order valence-corrected chi connectivity index (χ4v) is 2.98. The van der Waals surface area contributed by atoms with E-state index in [1.807, 2.05) is 49.1 Å². The van der Waals surface area contributed by atoms with Crippen molar-refractivity contribution in [2.24, 2.45) is 0 Å². The molecule has 19 heavy (non-hydrogen) atoms. The number of carboxylic acids is 1. The standard InChI is InChI=1S/C14H16N2O2S/c1-3-11-12(13(17)18)19-14(15-11)16(4-2)10-8-6-5-7-9-10/h5-9H,3-4H2,1-2H3,(H,17,18). The number of nitrogens with zero attached hydrogens (tertiary/aromatic N) is 2. The minimum absolute atomic E-state index is 0.340. The van der Waals surface area contributed by atoms with Gasteiger partial charge >= 0.3 is 5.97 Å². The van der Waals surface area contributed by atoms with Crippen molar-refractivity contribution in [2.75, 3.05) is 11.4 Å². The number of hydrogen-bond acceptors (Lipinski definition) is 4. The maximum atomic E-state index is 11.2. The molecule has 0 radical (unpaired) electrons. The topological polar surface area (TPSA) is 53.4 Å². The number of carboxylic acid groups (broad SMARTS) is 1. The van der Waals surface area contributed by atoms with Crippen LogP contribution in [0.4, 0.5) is 10.8 Å². The van der Waals surface area contributed by atoms with Gasteiger partial charge in [-0.2, -0.15) is 0 Å². The van der Waals surface area contributed by atoms with E-state index < -0.39 is 5.97 Å². The highest BCUT2D eigenvalue weighted by Crippen LogP contribution is 2.31. The molecule has 1 heterocycles. The molecule has 0 amide bonds. The van der Waals surface area contributed by atoms with E-state index in [0.29, 0.717) is 17.0 Å². The zero-order valence-electron chi connectivity index (χ0n) is 11.0. The molecule has 1 N–H and O–H groups in total. The molecule has 0 saturated heterocycles. The summed E-state index contributed by atoms with van der Waals surface area (Å²) in [5.74, 6) is -0.898. The van der Waals surface area contributed by atoms with Gasteiger partial charge < -0.3 is 10.0 Å². The van der Waals surface area contributed by atoms with Gasteiger partial charge in [0.25, 0.3) is 0 Å². The van der Waals surface area contributed by atoms with Gasteiger partial charge in [-0.3, -0.25) is 0 Å². The van der Waals surface area contributed by atoms with Gasteiger partial charge in [-0.25, -0.2) is 9.78 Å². The Hall–Kier alpha value is -1.88. The van der Waals surface area contributed by atoms with Crippen molar-refractivity contribution in [2.45, 2.75) is 20.3 Å². The largest absolute Gasteiger partial charge is 0.477 e. The molecule has 2 rings (SSSR count). The number of carbonyl (C=O) groups is 1. The van der Waals surface area contributed by atoms with Crippen molar-refractivity contribution in [3.05, 3.63) is 40.9 Å². The molecular weight excluding hydrogens is 260 g/mol. The van der Waals surface area contributed by atoms with Crippen LogP contribution in [0.3, 0.4) is 0 Å². The van der Waals surface area contributed by atoms with Crippen molar-refractivity contribution < 1.29 is 9.90 Å². The Labute approximate surface area is 116 Å². The van der Waals surface area contributed by atoms with Crippen molar-refractivity contribution in [1.82, 2.24) is 4.98 Å². The summed E-state index contributed by atoms with van der Waals surface area (Å²) in [7, 11) is 0. The van der Waals surface area contributed by atoms with E-state index in [1.165, 1.54) is 11.3 Å². The molecule has 0 aliphatic carbocycles. The Morgan fingerprint density at radius 2 is 2.00 bits per heavy atom. The molecule has 0 aliphatic heterocycles. The Bertz CT molecular complexity index is 566. The molecule has 1 aromatic heterocycles. The third kappa shape index (κ3) is 2.76. The number of thiazole rings is 1. The third-order valence-electron chi connectivity index (χ3n) is 2.83. The summed E-state index contributed by atoms with van der Waals surface area (Å²) in [4.78, 5) is 18.0. The lowest BCUT2D eigenvalue weighted by atomic mass is 10.3. The van der Waals surface area contributed by atoms with Gasteiger partial charge in [0.05, 0.1) is 5.69 Å². The summed E-state index contributed by atoms with van der Waals surface area (Å²) in [6, 6.07) is 9.88. The number of benzene rings is 1. The first kappa shape index (κ1) is 13.5. The maximum Gasteiger partial charge on any atom is 0.347 e. The van der Waals surface area contributed by atoms with Crippen LogP contribution < -0.4 is 4.90 Å². The van der Waals surface area contributed by atoms with Crippen molar-refractivity contribution in [3.8, 4) is 0 Å². The van der Waals surface area contributed by atoms with Crippen LogP contribution in [0.25, 0.3) is 0 Å². The van der Waals surface area contributed by atoms with Gasteiger partial charge in [0, 0.05) is 12.2 Å². The molecule has 5 heteroatoms. The van der Waals surface area contributed by atoms with Crippen LogP contribution in [0.1, 0.15) is 29.2 Å². The van der Waals surface area contributed by atoms with E-state index in [2.05, 4.69) is 4.98 Å². The smallest absolute Gasteiger partial charge is 0.347 e. The lowest BCUT2D eigenvalue weighted by molar-refractivity contribution is 0.0701. The van der Waals surface area contributed by atoms with E-state index >= 15 is 0 Å². The monoisotopic (exact) mass is 276 g/mol. The molecule has 0 atom stereocenters. The summed E-state index contributed by atoms with van der Waals surface area (Å²) >= 11 is 1.23. The van der Waals surface area contributed by atoms with Crippen LogP contribution >= 0.6 is 11.3 Å². The Kier molecular flexibility index (Phi) is 4.16. The predicted molar refractivity (Wildman–Crippen MR) is 77.6 cm³/mol. The molecule has 0 bridgehead atoms. The Balaban J connectivity index is 2.42. The SMILES string of the molecule is CCc1nc(N(CC)c2ccccc2)sc1C(=O)O. The van der Waals surface area contributed by atoms with Crippen molar-refractivity contribution in [1.29, 1.82) is 0 Å². The number of aryl methyl sites for hydroxylation is 1. The molecular formula is C14H16N2O2S. The van der Waals surface area contributed by atoms with Crippen LogP contribution in [0, 0.1) is 0 Å². The second kappa shape index (κ2) is 5.84. The lowest BCUT2D eigenvalue weighted by Crippen LogP contribution is -2.15. The highest BCUT2D eigenvalue weighted by Gasteiger charge is 2.19. The maximum absolute atomic E-state index is 11.2. The van der Waals surface area contributed by atoms with Gasteiger partial charge in [0.1, 0.15) is 4.88 Å². The second-order valence-electron chi connectivity index (χ2n) is 4.01. The molecule has 100 valence electrons. The highest BCUT2D eigenvalue weighted by molar-refractivity contribution is 7.17. The van der Waals surface area contributed by atoms with Gasteiger partial charge in [0.2, 0.25) is 0 Å². The number of aromatic carboxylic acids is 1. The molecule has 0 saturated carbocycles. The molecule has 4 nitrogen and oxygen atoms in total. The van der Waals surface area contributed by atoms with E-state index in [9.17, 15) is 9.90 Å². The summed E-state index contributed by atoms with van der Waals surface area (Å²) in [6.07, 6.45) is 0.629. The summed E-state index contributed by atoms with van der Waals surface area (Å²) in [6.45, 7) is 4.70. The first-order valence-electron chi connectivity index (χ1n) is 6.23. The molecule has 0 fully saturated rings. The minimum Gasteiger partial charge on any atom is -0.477 e. The number of anilines is 2. The van der Waals surface area contributed by atoms with E-state index in [-0.39, 0.29) is 0 Å². The van der Waals surface area contributed by atoms with Gasteiger partial charge in [-0.05, 0) is 25.5 Å². The highest BCUT2D eigenvalue weighted by atomic mass is 32.1. The Morgan fingerprint density at radius 3 is 2.47 bits per heavy atom. The van der Waals surface area contributed by atoms with Gasteiger partial charge in [0.15, 0.2) is 5.13 Å². The van der Waals surface area contributed by atoms with E-state index in [0.717, 1.165) is 17.4 Å². The molecule has 1 aromatic carbocycles. The summed E-state index contributed by atoms with van der Waals surface area (Å²) < 4.78 is 0. The lowest BCUT2D eigenvalue weighted by Gasteiger charge is -2.19. The van der Waals surface area contributed by atoms with Crippen LogP contribution in [0.2, 0.25) is 0 Å². The fourth-order valence-electron chi connectivity index (χ4n) is 1.90. The average molecular weight is 276 g/mol. The van der Waals surface area contributed by atoms with Gasteiger partial charge in [-0.1, -0.05) is 36.5 Å². The zero-order chi connectivity index (χ0) is 13.8. The molecule has 2 aromatic rings. The van der Waals surface area contributed by atoms with Crippen molar-refractivity contribution >= 4 is 28.1 Å². The average Bonchev–Trinajstić information content (AvgIpc) is 2.85. The summed E-state index contributed by atoms with van der Waals surface area (Å²) in [5.41, 5.74) is 1.68. The third-order valence-corrected chi connectivity index (χ3v) is 3.94. The second-order valence-corrected chi connectivity index (χ2v) is 4.99. The van der Waals surface area contributed by atoms with Crippen LogP contribution in [-0.4, -0.2) is 22.6 Å². The number of hydrogen-bond donors (Lipinski definition) is 1. The minimum atomic E-state index is -0.898. The first-order valence-corrected chi connectivity index (χ1v) is 7.04. The first-order chi connectivity index (χ1) is 9.17. The van der Waals surface area contributed by atoms with Crippen LogP contribution in [-0.2, 0) is 6.42 Å². The number of aromatic nitrogens is 1. The van der Waals surface area contributed by atoms with Gasteiger partial charge in [-0.15, -0.1) is 0 Å². The van der Waals surface area contributed by atoms with Crippen molar-refractivity contribution in [3.63, 3.8) is 0 Å². The number of rotatable bonds is 5. The summed E-state index contributed by atoms with van der Waals surface area (Å²) in [5, 5.41) is 9.93.